The van der Waals surface area contributed by atoms with E-state index in [0.29, 0.717) is 28.8 Å². The predicted molar refractivity (Wildman–Crippen MR) is 110 cm³/mol. The Kier molecular flexibility index (Phi) is 5.74. The van der Waals surface area contributed by atoms with Crippen LogP contribution in [0.2, 0.25) is 5.02 Å². The highest BCUT2D eigenvalue weighted by Crippen LogP contribution is 2.36. The second-order valence-electron chi connectivity index (χ2n) is 7.27. The second-order valence-corrected chi connectivity index (χ2v) is 7.68. The number of nitrogens with zero attached hydrogens (tertiary/aromatic N) is 4. The molecule has 0 bridgehead atoms. The summed E-state index contributed by atoms with van der Waals surface area (Å²) in [7, 11) is 2.96. The maximum absolute atomic E-state index is 12.9. The summed E-state index contributed by atoms with van der Waals surface area (Å²) < 4.78 is 12.0. The van der Waals surface area contributed by atoms with E-state index in [1.807, 2.05) is 20.8 Å². The Morgan fingerprint density at radius 2 is 1.79 bits per heavy atom. The Morgan fingerprint density at radius 3 is 2.38 bits per heavy atom. The predicted octanol–water partition coefficient (Wildman–Crippen LogP) is 3.88. The van der Waals surface area contributed by atoms with Crippen molar-refractivity contribution in [2.75, 3.05) is 19.5 Å². The fourth-order valence-corrected chi connectivity index (χ4v) is 2.92. The maximum atomic E-state index is 12.9. The summed E-state index contributed by atoms with van der Waals surface area (Å²) in [6.07, 6.45) is 3.22. The summed E-state index contributed by atoms with van der Waals surface area (Å²) in [6.45, 7) is 6.10. The van der Waals surface area contributed by atoms with Crippen LogP contribution in [0.4, 0.5) is 5.82 Å². The summed E-state index contributed by atoms with van der Waals surface area (Å²) in [5, 5.41) is 7.71. The first-order valence-electron chi connectivity index (χ1n) is 8.85. The van der Waals surface area contributed by atoms with Crippen LogP contribution in [0.15, 0.2) is 36.7 Å². The van der Waals surface area contributed by atoms with Crippen LogP contribution in [-0.4, -0.2) is 39.9 Å². The van der Waals surface area contributed by atoms with E-state index in [4.69, 9.17) is 21.1 Å². The van der Waals surface area contributed by atoms with Gasteiger partial charge in [0.05, 0.1) is 24.9 Å². The molecule has 152 valence electrons. The fraction of sp³-hybridized carbons (Fsp3) is 0.300. The van der Waals surface area contributed by atoms with Crippen LogP contribution in [-0.2, 0) is 5.41 Å². The van der Waals surface area contributed by atoms with E-state index >= 15 is 0 Å². The lowest BCUT2D eigenvalue weighted by molar-refractivity contribution is 0.102. The van der Waals surface area contributed by atoms with Crippen molar-refractivity contribution in [2.24, 2.45) is 0 Å². The summed E-state index contributed by atoms with van der Waals surface area (Å²) >= 11 is 6.23. The third-order valence-electron chi connectivity index (χ3n) is 4.16. The lowest BCUT2D eigenvalue weighted by Gasteiger charge is -2.13. The quantitative estimate of drug-likeness (QED) is 0.679. The number of benzene rings is 1. The summed E-state index contributed by atoms with van der Waals surface area (Å²) in [5.41, 5.74) is 0.865. The lowest BCUT2D eigenvalue weighted by Crippen LogP contribution is -2.16. The number of nitrogens with one attached hydrogen (secondary N) is 1. The van der Waals surface area contributed by atoms with Gasteiger partial charge in [0.1, 0.15) is 5.82 Å². The number of rotatable bonds is 5. The van der Waals surface area contributed by atoms with Crippen LogP contribution in [0.1, 0.15) is 36.8 Å². The molecule has 9 heteroatoms. The fourth-order valence-electron chi connectivity index (χ4n) is 2.63. The molecule has 1 N–H and O–H groups in total. The molecule has 1 aromatic carbocycles. The second kappa shape index (κ2) is 8.08. The molecule has 29 heavy (non-hydrogen) atoms. The third kappa shape index (κ3) is 4.32. The smallest absolute Gasteiger partial charge is 0.257 e. The van der Waals surface area contributed by atoms with Gasteiger partial charge in [0.25, 0.3) is 11.9 Å². The normalized spacial score (nSPS) is 11.2. The first-order valence-corrected chi connectivity index (χ1v) is 9.23. The average Bonchev–Trinajstić information content (AvgIpc) is 3.12. The molecule has 0 saturated heterocycles. The number of aromatic nitrogens is 4. The van der Waals surface area contributed by atoms with Crippen LogP contribution < -0.4 is 14.8 Å². The molecule has 0 unspecified atom stereocenters. The minimum absolute atomic E-state index is 0.230. The topological polar surface area (TPSA) is 91.2 Å². The van der Waals surface area contributed by atoms with Crippen molar-refractivity contribution in [3.05, 3.63) is 52.9 Å². The first kappa shape index (κ1) is 20.6. The van der Waals surface area contributed by atoms with Gasteiger partial charge < -0.3 is 14.8 Å². The minimum Gasteiger partial charge on any atom is -0.493 e. The molecule has 3 rings (SSSR count). The SMILES string of the molecule is COc1cc(C(=O)Nc2cc(C(C)(C)C)nn2-c2ncccn2)cc(Cl)c1OC. The summed E-state index contributed by atoms with van der Waals surface area (Å²) in [5.74, 6) is 1.13. The van der Waals surface area contributed by atoms with Crippen molar-refractivity contribution in [2.45, 2.75) is 26.2 Å². The maximum Gasteiger partial charge on any atom is 0.257 e. The average molecular weight is 416 g/mol. The van der Waals surface area contributed by atoms with E-state index in [1.165, 1.54) is 25.0 Å². The van der Waals surface area contributed by atoms with Crippen molar-refractivity contribution in [1.29, 1.82) is 0 Å². The number of carbonyl (C=O) groups excluding carboxylic acids is 1. The van der Waals surface area contributed by atoms with Crippen molar-refractivity contribution in [3.8, 4) is 17.4 Å². The van der Waals surface area contributed by atoms with Crippen molar-refractivity contribution in [1.82, 2.24) is 19.7 Å². The lowest BCUT2D eigenvalue weighted by atomic mass is 9.92. The molecule has 2 heterocycles. The Labute approximate surface area is 173 Å². The number of anilines is 1. The zero-order valence-corrected chi connectivity index (χ0v) is 17.6. The molecule has 0 aliphatic heterocycles. The van der Waals surface area contributed by atoms with Crippen molar-refractivity contribution >= 4 is 23.3 Å². The van der Waals surface area contributed by atoms with Gasteiger partial charge in [-0.3, -0.25) is 4.79 Å². The van der Waals surface area contributed by atoms with E-state index in [2.05, 4.69) is 20.4 Å². The van der Waals surface area contributed by atoms with Crippen LogP contribution >= 0.6 is 11.6 Å². The van der Waals surface area contributed by atoms with Gasteiger partial charge >= 0.3 is 0 Å². The Balaban J connectivity index is 2.01. The molecule has 3 aromatic rings. The third-order valence-corrected chi connectivity index (χ3v) is 4.44. The molecule has 0 saturated carbocycles. The van der Waals surface area contributed by atoms with E-state index in [1.54, 1.807) is 30.6 Å². The zero-order valence-electron chi connectivity index (χ0n) is 16.9. The van der Waals surface area contributed by atoms with Crippen LogP contribution in [0.5, 0.6) is 11.5 Å². The van der Waals surface area contributed by atoms with Crippen molar-refractivity contribution < 1.29 is 14.3 Å². The Bertz CT molecular complexity index is 1030. The number of ether oxygens (including phenoxy) is 2. The standard InChI is InChI=1S/C20H22ClN5O3/c1-20(2,3)15-11-16(26(25-15)19-22-7-6-8-23-19)24-18(27)12-9-13(21)17(29-5)14(10-12)28-4/h6-11H,1-5H3,(H,24,27). The van der Waals surface area contributed by atoms with Gasteiger partial charge in [-0.25, -0.2) is 9.97 Å². The van der Waals surface area contributed by atoms with Gasteiger partial charge in [-0.2, -0.15) is 9.78 Å². The minimum atomic E-state index is -0.384. The Hall–Kier alpha value is -3.13. The number of hydrogen-bond acceptors (Lipinski definition) is 6. The van der Waals surface area contributed by atoms with E-state index in [9.17, 15) is 4.79 Å². The van der Waals surface area contributed by atoms with Gasteiger partial charge in [0.15, 0.2) is 11.5 Å². The molecule has 8 nitrogen and oxygen atoms in total. The van der Waals surface area contributed by atoms with E-state index < -0.39 is 0 Å². The number of amides is 1. The van der Waals surface area contributed by atoms with Crippen molar-refractivity contribution in [3.63, 3.8) is 0 Å². The number of carbonyl (C=O) groups is 1. The molecular formula is C20H22ClN5O3. The highest BCUT2D eigenvalue weighted by molar-refractivity contribution is 6.32. The van der Waals surface area contributed by atoms with Gasteiger partial charge in [-0.05, 0) is 18.2 Å². The van der Waals surface area contributed by atoms with Gasteiger partial charge in [-0.15, -0.1) is 0 Å². The molecule has 0 spiro atoms. The largest absolute Gasteiger partial charge is 0.493 e. The highest BCUT2D eigenvalue weighted by atomic mass is 35.5. The molecular weight excluding hydrogens is 394 g/mol. The molecule has 0 aliphatic carbocycles. The molecule has 0 atom stereocenters. The molecule has 2 aromatic heterocycles. The highest BCUT2D eigenvalue weighted by Gasteiger charge is 2.23. The van der Waals surface area contributed by atoms with E-state index in [0.717, 1.165) is 5.69 Å². The summed E-state index contributed by atoms with van der Waals surface area (Å²) in [6, 6.07) is 6.59. The molecule has 0 radical (unpaired) electrons. The Morgan fingerprint density at radius 1 is 1.10 bits per heavy atom. The first-order chi connectivity index (χ1) is 13.7. The zero-order chi connectivity index (χ0) is 21.2. The number of hydrogen-bond donors (Lipinski definition) is 1. The molecule has 1 amide bonds. The monoisotopic (exact) mass is 415 g/mol. The number of halogens is 1. The van der Waals surface area contributed by atoms with Gasteiger partial charge in [0, 0.05) is 29.4 Å². The number of methoxy groups -OCH3 is 2. The summed E-state index contributed by atoms with van der Waals surface area (Å²) in [4.78, 5) is 21.4. The van der Waals surface area contributed by atoms with Crippen LogP contribution in [0.3, 0.4) is 0 Å². The molecule has 0 fully saturated rings. The molecule has 0 aliphatic rings. The van der Waals surface area contributed by atoms with Crippen LogP contribution in [0, 0.1) is 0 Å². The van der Waals surface area contributed by atoms with Crippen LogP contribution in [0.25, 0.3) is 5.95 Å². The van der Waals surface area contributed by atoms with Gasteiger partial charge in [-0.1, -0.05) is 32.4 Å². The van der Waals surface area contributed by atoms with Gasteiger partial charge in [0.2, 0.25) is 0 Å². The van der Waals surface area contributed by atoms with E-state index in [-0.39, 0.29) is 16.3 Å².